The minimum atomic E-state index is -0.222. The summed E-state index contributed by atoms with van der Waals surface area (Å²) in [7, 11) is 0. The van der Waals surface area contributed by atoms with E-state index in [4.69, 9.17) is 9.15 Å². The zero-order chi connectivity index (χ0) is 14.7. The SMILES string of the molecule is CC(=O)OCCN1CCN(c2nc3ccccc3o2)CC1. The molecule has 0 saturated carbocycles. The van der Waals surface area contributed by atoms with E-state index in [9.17, 15) is 4.79 Å². The van der Waals surface area contributed by atoms with Gasteiger partial charge in [-0.2, -0.15) is 4.98 Å². The van der Waals surface area contributed by atoms with Crippen LogP contribution < -0.4 is 4.90 Å². The van der Waals surface area contributed by atoms with Gasteiger partial charge in [0, 0.05) is 39.6 Å². The first-order chi connectivity index (χ1) is 10.2. The summed E-state index contributed by atoms with van der Waals surface area (Å²) in [5.74, 6) is -0.222. The molecule has 0 amide bonds. The summed E-state index contributed by atoms with van der Waals surface area (Å²) < 4.78 is 10.8. The van der Waals surface area contributed by atoms with Crippen molar-refractivity contribution < 1.29 is 13.9 Å². The van der Waals surface area contributed by atoms with Gasteiger partial charge in [0.15, 0.2) is 5.58 Å². The highest BCUT2D eigenvalue weighted by atomic mass is 16.5. The van der Waals surface area contributed by atoms with Gasteiger partial charge in [-0.15, -0.1) is 0 Å². The number of hydrogen-bond donors (Lipinski definition) is 0. The van der Waals surface area contributed by atoms with Crippen molar-refractivity contribution in [3.05, 3.63) is 24.3 Å². The molecule has 21 heavy (non-hydrogen) atoms. The molecule has 2 heterocycles. The van der Waals surface area contributed by atoms with Gasteiger partial charge in [0.1, 0.15) is 12.1 Å². The minimum absolute atomic E-state index is 0.222. The van der Waals surface area contributed by atoms with Crippen molar-refractivity contribution in [3.8, 4) is 0 Å². The van der Waals surface area contributed by atoms with Crippen molar-refractivity contribution in [1.82, 2.24) is 9.88 Å². The summed E-state index contributed by atoms with van der Waals surface area (Å²) in [6.45, 7) is 6.24. The third-order valence-corrected chi connectivity index (χ3v) is 3.64. The van der Waals surface area contributed by atoms with Crippen molar-refractivity contribution in [3.63, 3.8) is 0 Å². The summed E-state index contributed by atoms with van der Waals surface area (Å²) in [5.41, 5.74) is 1.72. The summed E-state index contributed by atoms with van der Waals surface area (Å²) >= 11 is 0. The molecule has 0 bridgehead atoms. The quantitative estimate of drug-likeness (QED) is 0.795. The number of rotatable bonds is 4. The summed E-state index contributed by atoms with van der Waals surface area (Å²) in [4.78, 5) is 19.7. The highest BCUT2D eigenvalue weighted by molar-refractivity contribution is 5.74. The smallest absolute Gasteiger partial charge is 0.302 e. The third-order valence-electron chi connectivity index (χ3n) is 3.64. The molecule has 1 fully saturated rings. The van der Waals surface area contributed by atoms with Crippen LogP contribution in [0.25, 0.3) is 11.1 Å². The second kappa shape index (κ2) is 6.13. The number of para-hydroxylation sites is 2. The summed E-state index contributed by atoms with van der Waals surface area (Å²) in [6, 6.07) is 8.49. The second-order valence-corrected chi connectivity index (χ2v) is 5.13. The fourth-order valence-electron chi connectivity index (χ4n) is 2.48. The van der Waals surface area contributed by atoms with Gasteiger partial charge in [0.25, 0.3) is 6.01 Å². The molecule has 1 aliphatic heterocycles. The zero-order valence-corrected chi connectivity index (χ0v) is 12.1. The van der Waals surface area contributed by atoms with E-state index in [0.29, 0.717) is 12.6 Å². The Morgan fingerprint density at radius 3 is 2.76 bits per heavy atom. The van der Waals surface area contributed by atoms with E-state index in [1.54, 1.807) is 0 Å². The Bertz CT molecular complexity index is 584. The Labute approximate surface area is 123 Å². The molecule has 0 atom stereocenters. The van der Waals surface area contributed by atoms with Gasteiger partial charge in [-0.3, -0.25) is 9.69 Å². The number of nitrogens with zero attached hydrogens (tertiary/aromatic N) is 3. The lowest BCUT2D eigenvalue weighted by Gasteiger charge is -2.33. The first-order valence-corrected chi connectivity index (χ1v) is 7.18. The van der Waals surface area contributed by atoms with E-state index < -0.39 is 0 Å². The molecule has 1 aromatic carbocycles. The van der Waals surface area contributed by atoms with Crippen LogP contribution in [0.5, 0.6) is 0 Å². The lowest BCUT2D eigenvalue weighted by atomic mass is 10.3. The molecule has 0 spiro atoms. The topological polar surface area (TPSA) is 58.8 Å². The van der Waals surface area contributed by atoms with Crippen LogP contribution in [0, 0.1) is 0 Å². The van der Waals surface area contributed by atoms with Gasteiger partial charge in [0.2, 0.25) is 0 Å². The van der Waals surface area contributed by atoms with Crippen molar-refractivity contribution in [2.45, 2.75) is 6.92 Å². The van der Waals surface area contributed by atoms with Crippen molar-refractivity contribution in [1.29, 1.82) is 0 Å². The van der Waals surface area contributed by atoms with Crippen LogP contribution in [0.2, 0.25) is 0 Å². The van der Waals surface area contributed by atoms with Gasteiger partial charge in [0.05, 0.1) is 0 Å². The Kier molecular flexibility index (Phi) is 4.06. The normalized spacial score (nSPS) is 16.3. The Balaban J connectivity index is 1.54. The van der Waals surface area contributed by atoms with Gasteiger partial charge in [-0.05, 0) is 12.1 Å². The van der Waals surface area contributed by atoms with Gasteiger partial charge < -0.3 is 14.1 Å². The summed E-state index contributed by atoms with van der Waals surface area (Å²) in [5, 5.41) is 0. The molecule has 112 valence electrons. The third kappa shape index (κ3) is 3.33. The number of fused-ring (bicyclic) bond motifs is 1. The van der Waals surface area contributed by atoms with E-state index >= 15 is 0 Å². The standard InChI is InChI=1S/C15H19N3O3/c1-12(19)20-11-10-17-6-8-18(9-7-17)15-16-13-4-2-3-5-14(13)21-15/h2-5H,6-11H2,1H3. The molecule has 1 aliphatic rings. The number of ether oxygens (including phenoxy) is 1. The van der Waals surface area contributed by atoms with Gasteiger partial charge in [-0.1, -0.05) is 12.1 Å². The first-order valence-electron chi connectivity index (χ1n) is 7.18. The number of benzene rings is 1. The van der Waals surface area contributed by atoms with Crippen LogP contribution in [0.4, 0.5) is 6.01 Å². The van der Waals surface area contributed by atoms with Crippen LogP contribution in [-0.4, -0.2) is 55.2 Å². The van der Waals surface area contributed by atoms with Crippen LogP contribution in [0.15, 0.2) is 28.7 Å². The fourth-order valence-corrected chi connectivity index (χ4v) is 2.48. The van der Waals surface area contributed by atoms with E-state index in [-0.39, 0.29) is 5.97 Å². The van der Waals surface area contributed by atoms with Crippen LogP contribution in [-0.2, 0) is 9.53 Å². The molecule has 0 unspecified atom stereocenters. The predicted octanol–water partition coefficient (Wildman–Crippen LogP) is 1.51. The second-order valence-electron chi connectivity index (χ2n) is 5.13. The van der Waals surface area contributed by atoms with E-state index in [1.165, 1.54) is 6.92 Å². The lowest BCUT2D eigenvalue weighted by molar-refractivity contribution is -0.141. The first kappa shape index (κ1) is 13.9. The monoisotopic (exact) mass is 289 g/mol. The highest BCUT2D eigenvalue weighted by Crippen LogP contribution is 2.22. The van der Waals surface area contributed by atoms with Crippen LogP contribution in [0.1, 0.15) is 6.92 Å². The number of carbonyl (C=O) groups is 1. The number of aromatic nitrogens is 1. The number of anilines is 1. The van der Waals surface area contributed by atoms with Crippen LogP contribution >= 0.6 is 0 Å². The van der Waals surface area contributed by atoms with Crippen molar-refractivity contribution in [2.24, 2.45) is 0 Å². The number of oxazole rings is 1. The molecular formula is C15H19N3O3. The molecule has 6 nitrogen and oxygen atoms in total. The highest BCUT2D eigenvalue weighted by Gasteiger charge is 2.20. The molecule has 2 aromatic rings. The predicted molar refractivity (Wildman–Crippen MR) is 79.3 cm³/mol. The molecule has 0 radical (unpaired) electrons. The number of hydrogen-bond acceptors (Lipinski definition) is 6. The Morgan fingerprint density at radius 2 is 2.05 bits per heavy atom. The van der Waals surface area contributed by atoms with Crippen molar-refractivity contribution in [2.75, 3.05) is 44.2 Å². The molecule has 1 saturated heterocycles. The molecule has 3 rings (SSSR count). The van der Waals surface area contributed by atoms with E-state index in [0.717, 1.165) is 43.8 Å². The number of carbonyl (C=O) groups excluding carboxylic acids is 1. The average Bonchev–Trinajstić information content (AvgIpc) is 2.91. The molecule has 0 N–H and O–H groups in total. The largest absolute Gasteiger partial charge is 0.465 e. The van der Waals surface area contributed by atoms with E-state index in [1.807, 2.05) is 24.3 Å². The number of esters is 1. The van der Waals surface area contributed by atoms with Gasteiger partial charge >= 0.3 is 5.97 Å². The van der Waals surface area contributed by atoms with Crippen LogP contribution in [0.3, 0.4) is 0 Å². The average molecular weight is 289 g/mol. The van der Waals surface area contributed by atoms with Gasteiger partial charge in [-0.25, -0.2) is 0 Å². The number of piperazine rings is 1. The maximum atomic E-state index is 10.7. The maximum Gasteiger partial charge on any atom is 0.302 e. The molecule has 1 aromatic heterocycles. The summed E-state index contributed by atoms with van der Waals surface area (Å²) in [6.07, 6.45) is 0. The lowest BCUT2D eigenvalue weighted by Crippen LogP contribution is -2.47. The Hall–Kier alpha value is -2.08. The zero-order valence-electron chi connectivity index (χ0n) is 12.1. The molecule has 0 aliphatic carbocycles. The molecule has 6 heteroatoms. The molecular weight excluding hydrogens is 270 g/mol. The fraction of sp³-hybridized carbons (Fsp3) is 0.467. The Morgan fingerprint density at radius 1 is 1.29 bits per heavy atom. The van der Waals surface area contributed by atoms with E-state index in [2.05, 4.69) is 14.8 Å². The maximum absolute atomic E-state index is 10.7. The minimum Gasteiger partial charge on any atom is -0.465 e. The van der Waals surface area contributed by atoms with Crippen molar-refractivity contribution >= 4 is 23.1 Å².